The van der Waals surface area contributed by atoms with Crippen LogP contribution < -0.4 is 5.73 Å². The summed E-state index contributed by atoms with van der Waals surface area (Å²) in [6.45, 7) is 6.73. The van der Waals surface area contributed by atoms with Crippen molar-refractivity contribution in [1.29, 1.82) is 0 Å². The molecule has 0 radical (unpaired) electrons. The van der Waals surface area contributed by atoms with Gasteiger partial charge in [0, 0.05) is 12.1 Å². The Morgan fingerprint density at radius 1 is 1.27 bits per heavy atom. The van der Waals surface area contributed by atoms with Gasteiger partial charge in [-0.2, -0.15) is 0 Å². The predicted octanol–water partition coefficient (Wildman–Crippen LogP) is 2.63. The van der Waals surface area contributed by atoms with Gasteiger partial charge in [-0.05, 0) is 59.0 Å². The molecule has 0 aliphatic heterocycles. The number of hydrogen-bond acceptors (Lipinski definition) is 2. The highest BCUT2D eigenvalue weighted by Crippen LogP contribution is 2.25. The lowest BCUT2D eigenvalue weighted by molar-refractivity contribution is 0.265. The van der Waals surface area contributed by atoms with Crippen LogP contribution in [0, 0.1) is 5.92 Å². The van der Waals surface area contributed by atoms with Crippen molar-refractivity contribution >= 4 is 0 Å². The summed E-state index contributed by atoms with van der Waals surface area (Å²) in [7, 11) is 2.25. The Morgan fingerprint density at radius 2 is 1.87 bits per heavy atom. The average Bonchev–Trinajstić information content (AvgIpc) is 2.54. The third-order valence-corrected chi connectivity index (χ3v) is 3.41. The fourth-order valence-electron chi connectivity index (χ4n) is 2.53. The number of hydrogen-bond donors (Lipinski definition) is 1. The summed E-state index contributed by atoms with van der Waals surface area (Å²) >= 11 is 0. The maximum Gasteiger partial charge on any atom is 0.00975 e. The van der Waals surface area contributed by atoms with Gasteiger partial charge in [0.2, 0.25) is 0 Å². The van der Waals surface area contributed by atoms with E-state index in [1.807, 2.05) is 0 Å². The average molecular weight is 212 g/mol. The van der Waals surface area contributed by atoms with Gasteiger partial charge < -0.3 is 10.6 Å². The molecule has 0 aromatic carbocycles. The molecule has 0 heterocycles. The molecule has 1 fully saturated rings. The van der Waals surface area contributed by atoms with E-state index >= 15 is 0 Å². The molecule has 0 aromatic rings. The number of rotatable bonds is 6. The van der Waals surface area contributed by atoms with E-state index in [-0.39, 0.29) is 5.54 Å². The van der Waals surface area contributed by atoms with Crippen LogP contribution in [0.5, 0.6) is 0 Å². The van der Waals surface area contributed by atoms with Gasteiger partial charge in [-0.25, -0.2) is 0 Å². The molecule has 2 heteroatoms. The minimum atomic E-state index is 0.00813. The third-order valence-electron chi connectivity index (χ3n) is 3.41. The van der Waals surface area contributed by atoms with E-state index in [9.17, 15) is 0 Å². The van der Waals surface area contributed by atoms with Gasteiger partial charge in [0.1, 0.15) is 0 Å². The smallest absolute Gasteiger partial charge is 0.00975 e. The standard InChI is InChI=1S/C13H28N2/c1-13(2,14)9-6-10-15(3)11-12-7-4-5-8-12/h12H,4-11,14H2,1-3H3. The summed E-state index contributed by atoms with van der Waals surface area (Å²) in [5.41, 5.74) is 5.97. The molecule has 0 saturated heterocycles. The van der Waals surface area contributed by atoms with Gasteiger partial charge in [0.15, 0.2) is 0 Å². The SMILES string of the molecule is CN(CCCC(C)(C)N)CC1CCCC1. The van der Waals surface area contributed by atoms with Crippen LogP contribution in [0.25, 0.3) is 0 Å². The van der Waals surface area contributed by atoms with Gasteiger partial charge in [-0.1, -0.05) is 12.8 Å². The number of nitrogens with two attached hydrogens (primary N) is 1. The molecule has 0 atom stereocenters. The predicted molar refractivity (Wildman–Crippen MR) is 67.0 cm³/mol. The van der Waals surface area contributed by atoms with Crippen molar-refractivity contribution < 1.29 is 0 Å². The van der Waals surface area contributed by atoms with Crippen LogP contribution in [-0.4, -0.2) is 30.6 Å². The highest BCUT2D eigenvalue weighted by atomic mass is 15.1. The second-order valence-corrected chi connectivity index (χ2v) is 6.00. The molecular formula is C13H28N2. The van der Waals surface area contributed by atoms with Crippen molar-refractivity contribution in [3.8, 4) is 0 Å². The zero-order valence-electron chi connectivity index (χ0n) is 10.8. The van der Waals surface area contributed by atoms with Crippen molar-refractivity contribution in [3.05, 3.63) is 0 Å². The molecule has 0 unspecified atom stereocenters. The molecule has 1 aliphatic carbocycles. The van der Waals surface area contributed by atoms with E-state index in [0.29, 0.717) is 0 Å². The third kappa shape index (κ3) is 6.16. The molecule has 0 amide bonds. The zero-order valence-corrected chi connectivity index (χ0v) is 10.8. The summed E-state index contributed by atoms with van der Waals surface area (Å²) < 4.78 is 0. The largest absolute Gasteiger partial charge is 0.326 e. The summed E-state index contributed by atoms with van der Waals surface area (Å²) in [6, 6.07) is 0. The Balaban J connectivity index is 2.05. The molecule has 0 aromatic heterocycles. The molecule has 0 spiro atoms. The Morgan fingerprint density at radius 3 is 2.40 bits per heavy atom. The second-order valence-electron chi connectivity index (χ2n) is 6.00. The Hall–Kier alpha value is -0.0800. The van der Waals surface area contributed by atoms with Crippen molar-refractivity contribution in [2.75, 3.05) is 20.1 Å². The Kier molecular flexibility index (Phi) is 5.07. The van der Waals surface area contributed by atoms with E-state index in [1.165, 1.54) is 45.2 Å². The van der Waals surface area contributed by atoms with Crippen LogP contribution >= 0.6 is 0 Å². The molecule has 90 valence electrons. The molecule has 1 saturated carbocycles. The fraction of sp³-hybridized carbons (Fsp3) is 1.00. The topological polar surface area (TPSA) is 29.3 Å². The van der Waals surface area contributed by atoms with Crippen LogP contribution in [0.15, 0.2) is 0 Å². The fourth-order valence-corrected chi connectivity index (χ4v) is 2.53. The summed E-state index contributed by atoms with van der Waals surface area (Å²) in [6.07, 6.45) is 8.16. The van der Waals surface area contributed by atoms with Gasteiger partial charge in [0.05, 0.1) is 0 Å². The van der Waals surface area contributed by atoms with Crippen LogP contribution in [0.1, 0.15) is 52.4 Å². The lowest BCUT2D eigenvalue weighted by atomic mass is 10.00. The van der Waals surface area contributed by atoms with Crippen molar-refractivity contribution in [1.82, 2.24) is 4.90 Å². The Bertz CT molecular complexity index is 166. The van der Waals surface area contributed by atoms with Gasteiger partial charge in [0.25, 0.3) is 0 Å². The monoisotopic (exact) mass is 212 g/mol. The summed E-state index contributed by atoms with van der Waals surface area (Å²) in [5.74, 6) is 0.973. The first-order valence-corrected chi connectivity index (χ1v) is 6.45. The van der Waals surface area contributed by atoms with Crippen LogP contribution in [-0.2, 0) is 0 Å². The number of nitrogens with zero attached hydrogens (tertiary/aromatic N) is 1. The molecule has 15 heavy (non-hydrogen) atoms. The molecule has 2 nitrogen and oxygen atoms in total. The van der Waals surface area contributed by atoms with E-state index < -0.39 is 0 Å². The van der Waals surface area contributed by atoms with Gasteiger partial charge in [-0.15, -0.1) is 0 Å². The van der Waals surface area contributed by atoms with E-state index in [2.05, 4.69) is 25.8 Å². The van der Waals surface area contributed by atoms with E-state index in [1.54, 1.807) is 0 Å². The maximum absolute atomic E-state index is 5.97. The van der Waals surface area contributed by atoms with Crippen molar-refractivity contribution in [2.24, 2.45) is 11.7 Å². The highest BCUT2D eigenvalue weighted by Gasteiger charge is 2.17. The van der Waals surface area contributed by atoms with E-state index in [4.69, 9.17) is 5.73 Å². The summed E-state index contributed by atoms with van der Waals surface area (Å²) in [4.78, 5) is 2.49. The first kappa shape index (κ1) is 13.0. The second kappa shape index (κ2) is 5.86. The molecule has 1 rings (SSSR count). The van der Waals surface area contributed by atoms with Crippen molar-refractivity contribution in [3.63, 3.8) is 0 Å². The van der Waals surface area contributed by atoms with Crippen LogP contribution in [0.4, 0.5) is 0 Å². The highest BCUT2D eigenvalue weighted by molar-refractivity contribution is 4.73. The first-order chi connectivity index (χ1) is 6.97. The minimum absolute atomic E-state index is 0.00813. The van der Waals surface area contributed by atoms with Crippen molar-refractivity contribution in [2.45, 2.75) is 57.9 Å². The zero-order chi connectivity index (χ0) is 11.3. The van der Waals surface area contributed by atoms with Crippen LogP contribution in [0.3, 0.4) is 0 Å². The molecular weight excluding hydrogens is 184 g/mol. The Labute approximate surface area is 95.2 Å². The normalized spacial score (nSPS) is 19.0. The molecule has 1 aliphatic rings. The molecule has 2 N–H and O–H groups in total. The minimum Gasteiger partial charge on any atom is -0.326 e. The van der Waals surface area contributed by atoms with Crippen LogP contribution in [0.2, 0.25) is 0 Å². The summed E-state index contributed by atoms with van der Waals surface area (Å²) in [5, 5.41) is 0. The first-order valence-electron chi connectivity index (χ1n) is 6.45. The van der Waals surface area contributed by atoms with Gasteiger partial charge in [-0.3, -0.25) is 0 Å². The van der Waals surface area contributed by atoms with Gasteiger partial charge >= 0.3 is 0 Å². The quantitative estimate of drug-likeness (QED) is 0.733. The molecule has 0 bridgehead atoms. The maximum atomic E-state index is 5.97. The lowest BCUT2D eigenvalue weighted by Gasteiger charge is -2.23. The lowest BCUT2D eigenvalue weighted by Crippen LogP contribution is -2.33. The van der Waals surface area contributed by atoms with E-state index in [0.717, 1.165) is 12.3 Å².